The van der Waals surface area contributed by atoms with Crippen molar-refractivity contribution < 1.29 is 0 Å². The topological polar surface area (TPSA) is 37.8 Å². The zero-order chi connectivity index (χ0) is 14.9. The van der Waals surface area contributed by atoms with Gasteiger partial charge in [-0.3, -0.25) is 0 Å². The van der Waals surface area contributed by atoms with E-state index < -0.39 is 0 Å². The van der Waals surface area contributed by atoms with Crippen LogP contribution in [0, 0.1) is 0 Å². The molecule has 0 aliphatic heterocycles. The maximum absolute atomic E-state index is 4.73. The van der Waals surface area contributed by atoms with Gasteiger partial charge >= 0.3 is 0 Å². The smallest absolute Gasteiger partial charge is 0.190 e. The second kappa shape index (κ2) is 5.89. The van der Waals surface area contributed by atoms with Crippen LogP contribution in [0.2, 0.25) is 0 Å². The Morgan fingerprint density at radius 2 is 2.05 bits per heavy atom. The van der Waals surface area contributed by atoms with Crippen molar-refractivity contribution in [2.75, 3.05) is 11.6 Å². The average molecular weight is 327 g/mol. The lowest BCUT2D eigenvalue weighted by atomic mass is 10.2. The molecule has 0 atom stereocenters. The lowest BCUT2D eigenvalue weighted by molar-refractivity contribution is 0.915. The number of hydrogen-bond donors (Lipinski definition) is 1. The Morgan fingerprint density at radius 3 is 2.86 bits per heavy atom. The molecule has 1 aliphatic rings. The minimum Gasteiger partial charge on any atom is -0.365 e. The molecule has 22 heavy (non-hydrogen) atoms. The van der Waals surface area contributed by atoms with Gasteiger partial charge in [-0.15, -0.1) is 11.3 Å². The van der Waals surface area contributed by atoms with Crippen LogP contribution in [0.15, 0.2) is 35.5 Å². The highest BCUT2D eigenvalue weighted by Gasteiger charge is 2.22. The largest absolute Gasteiger partial charge is 0.365 e. The number of anilines is 1. The van der Waals surface area contributed by atoms with Crippen LogP contribution in [-0.4, -0.2) is 16.2 Å². The number of hydrogen-bond acceptors (Lipinski definition) is 5. The molecule has 2 aromatic heterocycles. The van der Waals surface area contributed by atoms with Gasteiger partial charge in [-0.25, -0.2) is 9.97 Å². The van der Waals surface area contributed by atoms with Crippen molar-refractivity contribution in [3.05, 3.63) is 46.3 Å². The number of aromatic nitrogens is 2. The standard InChI is InChI=1S/C17H17N3S2/c1-21-17-19-15(18-10-11-6-3-2-4-7-11)14-12-8-5-9-13(12)22-16(14)20-17/h2-4,6-7H,5,8-10H2,1H3,(H,18,19,20). The summed E-state index contributed by atoms with van der Waals surface area (Å²) < 4.78 is 0. The van der Waals surface area contributed by atoms with Gasteiger partial charge in [0.1, 0.15) is 10.6 Å². The Kier molecular flexibility index (Phi) is 3.76. The number of aryl methyl sites for hydroxylation is 2. The van der Waals surface area contributed by atoms with Crippen molar-refractivity contribution in [2.24, 2.45) is 0 Å². The average Bonchev–Trinajstić information content (AvgIpc) is 3.13. The first-order valence-electron chi connectivity index (χ1n) is 7.49. The van der Waals surface area contributed by atoms with E-state index >= 15 is 0 Å². The van der Waals surface area contributed by atoms with Crippen LogP contribution >= 0.6 is 23.1 Å². The highest BCUT2D eigenvalue weighted by atomic mass is 32.2. The lowest BCUT2D eigenvalue weighted by Crippen LogP contribution is -2.03. The van der Waals surface area contributed by atoms with Crippen molar-refractivity contribution in [1.82, 2.24) is 9.97 Å². The fraction of sp³-hybridized carbons (Fsp3) is 0.294. The number of benzene rings is 1. The van der Waals surface area contributed by atoms with Gasteiger partial charge < -0.3 is 5.32 Å². The normalized spacial score (nSPS) is 13.5. The van der Waals surface area contributed by atoms with Crippen molar-refractivity contribution >= 4 is 39.1 Å². The van der Waals surface area contributed by atoms with E-state index in [1.54, 1.807) is 11.8 Å². The molecule has 0 radical (unpaired) electrons. The van der Waals surface area contributed by atoms with E-state index in [-0.39, 0.29) is 0 Å². The van der Waals surface area contributed by atoms with Crippen molar-refractivity contribution in [3.63, 3.8) is 0 Å². The molecule has 0 amide bonds. The summed E-state index contributed by atoms with van der Waals surface area (Å²) in [4.78, 5) is 12.1. The Labute approximate surface area is 138 Å². The minimum atomic E-state index is 0.797. The quantitative estimate of drug-likeness (QED) is 0.565. The van der Waals surface area contributed by atoms with Crippen molar-refractivity contribution in [3.8, 4) is 0 Å². The van der Waals surface area contributed by atoms with Crippen LogP contribution in [0.25, 0.3) is 10.2 Å². The zero-order valence-electron chi connectivity index (χ0n) is 12.4. The third kappa shape index (κ3) is 2.48. The predicted molar refractivity (Wildman–Crippen MR) is 95.0 cm³/mol. The molecular formula is C17H17N3S2. The summed E-state index contributed by atoms with van der Waals surface area (Å²) in [5, 5.41) is 5.64. The van der Waals surface area contributed by atoms with Gasteiger partial charge in [0.15, 0.2) is 5.16 Å². The summed E-state index contributed by atoms with van der Waals surface area (Å²) in [5.41, 5.74) is 2.75. The van der Waals surface area contributed by atoms with Crippen LogP contribution in [0.1, 0.15) is 22.4 Å². The monoisotopic (exact) mass is 327 g/mol. The second-order valence-electron chi connectivity index (χ2n) is 5.44. The fourth-order valence-corrected chi connectivity index (χ4v) is 4.66. The van der Waals surface area contributed by atoms with Gasteiger partial charge in [-0.05, 0) is 36.6 Å². The summed E-state index contributed by atoms with van der Waals surface area (Å²) in [6.45, 7) is 0.797. The Hall–Kier alpha value is -1.59. The van der Waals surface area contributed by atoms with Crippen LogP contribution in [0.3, 0.4) is 0 Å². The summed E-state index contributed by atoms with van der Waals surface area (Å²) in [7, 11) is 0. The molecule has 0 saturated carbocycles. The van der Waals surface area contributed by atoms with Gasteiger partial charge in [0.25, 0.3) is 0 Å². The zero-order valence-corrected chi connectivity index (χ0v) is 14.1. The molecule has 0 saturated heterocycles. The van der Waals surface area contributed by atoms with E-state index in [2.05, 4.69) is 29.6 Å². The molecule has 1 aromatic carbocycles. The van der Waals surface area contributed by atoms with Gasteiger partial charge in [-0.1, -0.05) is 42.1 Å². The Bertz CT molecular complexity index is 812. The molecule has 4 rings (SSSR count). The van der Waals surface area contributed by atoms with E-state index in [0.29, 0.717) is 0 Å². The van der Waals surface area contributed by atoms with E-state index in [1.807, 2.05) is 23.7 Å². The maximum atomic E-state index is 4.73. The van der Waals surface area contributed by atoms with E-state index in [0.717, 1.165) is 28.8 Å². The van der Waals surface area contributed by atoms with Gasteiger partial charge in [0.05, 0.1) is 5.39 Å². The van der Waals surface area contributed by atoms with Crippen molar-refractivity contribution in [2.45, 2.75) is 31.0 Å². The minimum absolute atomic E-state index is 0.797. The van der Waals surface area contributed by atoms with Gasteiger partial charge in [0.2, 0.25) is 0 Å². The van der Waals surface area contributed by atoms with Gasteiger partial charge in [0, 0.05) is 11.4 Å². The van der Waals surface area contributed by atoms with E-state index in [4.69, 9.17) is 9.97 Å². The molecule has 0 bridgehead atoms. The molecule has 0 fully saturated rings. The summed E-state index contributed by atoms with van der Waals surface area (Å²) in [6.07, 6.45) is 5.66. The Balaban J connectivity index is 1.74. The summed E-state index contributed by atoms with van der Waals surface area (Å²) in [5.74, 6) is 0.998. The molecule has 3 nitrogen and oxygen atoms in total. The predicted octanol–water partition coefficient (Wildman–Crippen LogP) is 4.51. The molecule has 0 spiro atoms. The van der Waals surface area contributed by atoms with Gasteiger partial charge in [-0.2, -0.15) is 0 Å². The molecule has 5 heteroatoms. The summed E-state index contributed by atoms with van der Waals surface area (Å²) >= 11 is 3.45. The molecular weight excluding hydrogens is 310 g/mol. The number of thiophene rings is 1. The first-order chi connectivity index (χ1) is 10.8. The third-order valence-corrected chi connectivity index (χ3v) is 5.76. The number of thioether (sulfide) groups is 1. The fourth-order valence-electron chi connectivity index (χ4n) is 2.98. The van der Waals surface area contributed by atoms with Crippen LogP contribution in [0.5, 0.6) is 0 Å². The van der Waals surface area contributed by atoms with Crippen LogP contribution < -0.4 is 5.32 Å². The number of nitrogens with one attached hydrogen (secondary N) is 1. The number of fused-ring (bicyclic) bond motifs is 3. The highest BCUT2D eigenvalue weighted by molar-refractivity contribution is 7.98. The number of nitrogens with zero attached hydrogens (tertiary/aromatic N) is 2. The number of rotatable bonds is 4. The first kappa shape index (κ1) is 14.0. The van der Waals surface area contributed by atoms with E-state index in [9.17, 15) is 0 Å². The molecule has 112 valence electrons. The highest BCUT2D eigenvalue weighted by Crippen LogP contribution is 2.40. The molecule has 3 aromatic rings. The first-order valence-corrected chi connectivity index (χ1v) is 9.53. The van der Waals surface area contributed by atoms with E-state index in [1.165, 1.54) is 34.2 Å². The Morgan fingerprint density at radius 1 is 1.18 bits per heavy atom. The molecule has 0 unspecified atom stereocenters. The molecule has 1 aliphatic carbocycles. The molecule has 1 N–H and O–H groups in total. The lowest BCUT2D eigenvalue weighted by Gasteiger charge is -2.09. The maximum Gasteiger partial charge on any atom is 0.190 e. The SMILES string of the molecule is CSc1nc(NCc2ccccc2)c2c3c(sc2n1)CCC3. The van der Waals surface area contributed by atoms with Crippen molar-refractivity contribution in [1.29, 1.82) is 0 Å². The summed E-state index contributed by atoms with van der Waals surface area (Å²) in [6, 6.07) is 10.5. The third-order valence-electron chi connectivity index (χ3n) is 4.03. The second-order valence-corrected chi connectivity index (χ2v) is 7.29. The van der Waals surface area contributed by atoms with Crippen LogP contribution in [-0.2, 0) is 19.4 Å². The molecule has 2 heterocycles. The van der Waals surface area contributed by atoms with Crippen LogP contribution in [0.4, 0.5) is 5.82 Å².